The maximum absolute atomic E-state index is 12.4. The lowest BCUT2D eigenvalue weighted by atomic mass is 10.1. The fraction of sp³-hybridized carbons (Fsp3) is 0.667. The summed E-state index contributed by atoms with van der Waals surface area (Å²) in [5.74, 6) is -1.68. The molecule has 1 aliphatic carbocycles. The molecule has 1 aliphatic rings. The predicted molar refractivity (Wildman–Crippen MR) is 43.3 cm³/mol. The second kappa shape index (κ2) is 2.57. The predicted octanol–water partition coefficient (Wildman–Crippen LogP) is 2.22. The van der Waals surface area contributed by atoms with Gasteiger partial charge in [-0.15, -0.1) is 0 Å². The lowest BCUT2D eigenvalue weighted by molar-refractivity contribution is -0.139. The topological polar surface area (TPSA) is 37.3 Å². The zero-order chi connectivity index (χ0) is 9.52. The van der Waals surface area contributed by atoms with Crippen LogP contribution in [0.1, 0.15) is 20.8 Å². The maximum atomic E-state index is 12.4. The van der Waals surface area contributed by atoms with Crippen molar-refractivity contribution >= 4 is 5.97 Å². The van der Waals surface area contributed by atoms with E-state index in [9.17, 15) is 9.18 Å². The molecule has 0 saturated heterocycles. The number of aliphatic carboxylic acids is 1. The van der Waals surface area contributed by atoms with Gasteiger partial charge in [-0.25, -0.2) is 4.39 Å². The fourth-order valence-corrected chi connectivity index (χ4v) is 1.71. The van der Waals surface area contributed by atoms with E-state index in [2.05, 4.69) is 0 Å². The number of hydrogen-bond donors (Lipinski definition) is 1. The summed E-state index contributed by atoms with van der Waals surface area (Å²) < 4.78 is 12.4. The molecule has 0 radical (unpaired) electrons. The van der Waals surface area contributed by atoms with Crippen LogP contribution in [0.4, 0.5) is 4.39 Å². The Kier molecular flexibility index (Phi) is 1.98. The van der Waals surface area contributed by atoms with E-state index in [0.717, 1.165) is 0 Å². The van der Waals surface area contributed by atoms with Gasteiger partial charge in [0.05, 0.1) is 11.7 Å². The molecular formula is C9H13FO2. The number of hydrogen-bond acceptors (Lipinski definition) is 1. The smallest absolute Gasteiger partial charge is 0.307 e. The van der Waals surface area contributed by atoms with Crippen molar-refractivity contribution in [1.29, 1.82) is 0 Å². The molecule has 3 heteroatoms. The number of rotatable bonds is 2. The molecule has 0 aromatic rings. The van der Waals surface area contributed by atoms with E-state index in [0.29, 0.717) is 0 Å². The lowest BCUT2D eigenvalue weighted by Crippen LogP contribution is -2.02. The molecule has 1 fully saturated rings. The van der Waals surface area contributed by atoms with Gasteiger partial charge in [0, 0.05) is 0 Å². The van der Waals surface area contributed by atoms with Gasteiger partial charge in [-0.05, 0) is 24.3 Å². The van der Waals surface area contributed by atoms with Gasteiger partial charge in [-0.2, -0.15) is 0 Å². The minimum absolute atomic E-state index is 0.139. The molecule has 68 valence electrons. The minimum Gasteiger partial charge on any atom is -0.481 e. The Labute approximate surface area is 71.1 Å². The molecule has 2 atom stereocenters. The van der Waals surface area contributed by atoms with Crippen molar-refractivity contribution in [3.63, 3.8) is 0 Å². The largest absolute Gasteiger partial charge is 0.481 e. The summed E-state index contributed by atoms with van der Waals surface area (Å²) in [5, 5.41) is 8.72. The van der Waals surface area contributed by atoms with Gasteiger partial charge in [0.1, 0.15) is 0 Å². The molecule has 0 amide bonds. The van der Waals surface area contributed by atoms with Crippen LogP contribution in [0.5, 0.6) is 0 Å². The second-order valence-electron chi connectivity index (χ2n) is 3.92. The summed E-state index contributed by atoms with van der Waals surface area (Å²) >= 11 is 0. The van der Waals surface area contributed by atoms with Gasteiger partial charge in [0.25, 0.3) is 0 Å². The molecule has 0 bridgehead atoms. The summed E-state index contributed by atoms with van der Waals surface area (Å²) in [6.07, 6.45) is 1.40. The minimum atomic E-state index is -0.831. The Hall–Kier alpha value is -0.860. The van der Waals surface area contributed by atoms with Crippen LogP contribution in [-0.4, -0.2) is 11.1 Å². The van der Waals surface area contributed by atoms with Crippen molar-refractivity contribution in [3.8, 4) is 0 Å². The molecule has 0 aromatic heterocycles. The number of carboxylic acid groups (broad SMARTS) is 1. The Morgan fingerprint density at radius 3 is 2.33 bits per heavy atom. The van der Waals surface area contributed by atoms with Crippen molar-refractivity contribution in [2.45, 2.75) is 20.8 Å². The molecule has 0 aliphatic heterocycles. The third-order valence-electron chi connectivity index (χ3n) is 2.59. The highest BCUT2D eigenvalue weighted by Crippen LogP contribution is 2.59. The van der Waals surface area contributed by atoms with Gasteiger partial charge in [-0.3, -0.25) is 4.79 Å². The first-order chi connectivity index (χ1) is 5.37. The Morgan fingerprint density at radius 2 is 2.08 bits per heavy atom. The van der Waals surface area contributed by atoms with Crippen LogP contribution < -0.4 is 0 Å². The average molecular weight is 172 g/mol. The normalized spacial score (nSPS) is 33.2. The van der Waals surface area contributed by atoms with Gasteiger partial charge >= 0.3 is 5.97 Å². The van der Waals surface area contributed by atoms with Gasteiger partial charge in [-0.1, -0.05) is 13.8 Å². The third kappa shape index (κ3) is 1.36. The maximum Gasteiger partial charge on any atom is 0.307 e. The van der Waals surface area contributed by atoms with Gasteiger partial charge < -0.3 is 5.11 Å². The third-order valence-corrected chi connectivity index (χ3v) is 2.59. The molecule has 2 nitrogen and oxygen atoms in total. The standard InChI is InChI=1S/C9H13FO2/c1-5(10)4-6-7(8(11)12)9(6,2)3/h4,6-7H,1-3H3,(H,11,12)/b5-4+/t6-,7-/m0/s1. The number of halogens is 1. The zero-order valence-corrected chi connectivity index (χ0v) is 7.47. The van der Waals surface area contributed by atoms with Crippen LogP contribution in [0.25, 0.3) is 0 Å². The second-order valence-corrected chi connectivity index (χ2v) is 3.92. The van der Waals surface area contributed by atoms with E-state index in [-0.39, 0.29) is 17.2 Å². The first-order valence-electron chi connectivity index (χ1n) is 3.94. The number of carbonyl (C=O) groups is 1. The highest BCUT2D eigenvalue weighted by molar-refractivity contribution is 5.76. The highest BCUT2D eigenvalue weighted by atomic mass is 19.1. The molecule has 12 heavy (non-hydrogen) atoms. The van der Waals surface area contributed by atoms with Crippen LogP contribution in [-0.2, 0) is 4.79 Å². The van der Waals surface area contributed by atoms with E-state index in [4.69, 9.17) is 5.11 Å². The molecule has 1 N–H and O–H groups in total. The molecule has 0 unspecified atom stereocenters. The molecule has 1 rings (SSSR count). The van der Waals surface area contributed by atoms with Gasteiger partial charge in [0.2, 0.25) is 0 Å². The monoisotopic (exact) mass is 172 g/mol. The Morgan fingerprint density at radius 1 is 1.58 bits per heavy atom. The van der Waals surface area contributed by atoms with E-state index < -0.39 is 11.9 Å². The van der Waals surface area contributed by atoms with Gasteiger partial charge in [0.15, 0.2) is 0 Å². The zero-order valence-electron chi connectivity index (χ0n) is 7.47. The summed E-state index contributed by atoms with van der Waals surface area (Å²) in [5.41, 5.74) is -0.279. The van der Waals surface area contributed by atoms with E-state index in [1.54, 1.807) is 0 Å². The number of allylic oxidation sites excluding steroid dienone is 2. The molecule has 0 heterocycles. The highest BCUT2D eigenvalue weighted by Gasteiger charge is 2.60. The van der Waals surface area contributed by atoms with Crippen molar-refractivity contribution in [1.82, 2.24) is 0 Å². The van der Waals surface area contributed by atoms with Crippen molar-refractivity contribution < 1.29 is 14.3 Å². The van der Waals surface area contributed by atoms with E-state index in [1.165, 1.54) is 13.0 Å². The quantitative estimate of drug-likeness (QED) is 0.693. The van der Waals surface area contributed by atoms with Crippen LogP contribution in [0.15, 0.2) is 11.9 Å². The SMILES string of the molecule is C/C(F)=C\[C@H]1[C@@H](C(=O)O)C1(C)C. The number of carboxylic acids is 1. The summed E-state index contributed by atoms with van der Waals surface area (Å²) in [6, 6.07) is 0. The molecular weight excluding hydrogens is 159 g/mol. The van der Waals surface area contributed by atoms with E-state index in [1.807, 2.05) is 13.8 Å². The van der Waals surface area contributed by atoms with Crippen molar-refractivity contribution in [2.75, 3.05) is 0 Å². The Bertz CT molecular complexity index is 239. The van der Waals surface area contributed by atoms with Crippen molar-refractivity contribution in [3.05, 3.63) is 11.9 Å². The molecule has 0 spiro atoms. The molecule has 0 aromatic carbocycles. The summed E-state index contributed by atoms with van der Waals surface area (Å²) in [4.78, 5) is 10.6. The first kappa shape index (κ1) is 9.23. The van der Waals surface area contributed by atoms with Crippen LogP contribution in [0.3, 0.4) is 0 Å². The van der Waals surface area contributed by atoms with Crippen LogP contribution in [0, 0.1) is 17.3 Å². The lowest BCUT2D eigenvalue weighted by Gasteiger charge is -1.96. The average Bonchev–Trinajstić information content (AvgIpc) is 2.32. The summed E-state index contributed by atoms with van der Waals surface area (Å²) in [7, 11) is 0. The fourth-order valence-electron chi connectivity index (χ4n) is 1.71. The summed E-state index contributed by atoms with van der Waals surface area (Å²) in [6.45, 7) is 5.03. The van der Waals surface area contributed by atoms with Crippen molar-refractivity contribution in [2.24, 2.45) is 17.3 Å². The Balaban J connectivity index is 2.73. The first-order valence-corrected chi connectivity index (χ1v) is 3.94. The van der Waals surface area contributed by atoms with Crippen LogP contribution >= 0.6 is 0 Å². The van der Waals surface area contributed by atoms with Crippen LogP contribution in [0.2, 0.25) is 0 Å². The van der Waals surface area contributed by atoms with E-state index >= 15 is 0 Å². The molecule has 1 saturated carbocycles.